The van der Waals surface area contributed by atoms with E-state index >= 15 is 0 Å². The van der Waals surface area contributed by atoms with Crippen LogP contribution in [0.2, 0.25) is 0 Å². The van der Waals surface area contributed by atoms with Gasteiger partial charge >= 0.3 is 0 Å². The van der Waals surface area contributed by atoms with E-state index in [4.69, 9.17) is 15.9 Å². The Labute approximate surface area is 129 Å². The smallest absolute Gasteiger partial charge is 0.128 e. The van der Waals surface area contributed by atoms with Crippen molar-refractivity contribution in [1.82, 2.24) is 0 Å². The predicted molar refractivity (Wildman–Crippen MR) is 88.4 cm³/mol. The van der Waals surface area contributed by atoms with Crippen LogP contribution in [0.4, 0.5) is 0 Å². The third kappa shape index (κ3) is 5.81. The Balaban J connectivity index is 2.67. The summed E-state index contributed by atoms with van der Waals surface area (Å²) in [5.41, 5.74) is 0.717. The summed E-state index contributed by atoms with van der Waals surface area (Å²) in [7, 11) is 1.67. The Hall–Kier alpha value is -1.46. The van der Waals surface area contributed by atoms with Gasteiger partial charge in [0, 0.05) is 0 Å². The molecule has 1 rings (SSSR count). The van der Waals surface area contributed by atoms with Crippen LogP contribution < -0.4 is 4.74 Å². The van der Waals surface area contributed by atoms with Crippen molar-refractivity contribution in [3.05, 3.63) is 29.8 Å². The van der Waals surface area contributed by atoms with Gasteiger partial charge in [-0.25, -0.2) is 0 Å². The van der Waals surface area contributed by atoms with Crippen LogP contribution in [0.15, 0.2) is 24.3 Å². The molecule has 2 heteroatoms. The summed E-state index contributed by atoms with van der Waals surface area (Å²) in [5, 5.41) is 0. The largest absolute Gasteiger partial charge is 0.497 e. The van der Waals surface area contributed by atoms with E-state index in [1.54, 1.807) is 7.11 Å². The van der Waals surface area contributed by atoms with E-state index in [1.807, 2.05) is 24.3 Å². The van der Waals surface area contributed by atoms with Gasteiger partial charge in [0.2, 0.25) is 0 Å². The van der Waals surface area contributed by atoms with Gasteiger partial charge in [-0.1, -0.05) is 44.7 Å². The number of hydrogen-bond acceptors (Lipinski definition) is 2. The molecule has 2 nitrogen and oxygen atoms in total. The van der Waals surface area contributed by atoms with Gasteiger partial charge in [-0.2, -0.15) is 0 Å². The Morgan fingerprint density at radius 1 is 1.05 bits per heavy atom. The highest BCUT2D eigenvalue weighted by atomic mass is 16.5. The van der Waals surface area contributed by atoms with Crippen LogP contribution in [0.1, 0.15) is 57.9 Å². The van der Waals surface area contributed by atoms with Crippen molar-refractivity contribution in [1.29, 1.82) is 0 Å². The zero-order chi connectivity index (χ0) is 15.6. The van der Waals surface area contributed by atoms with E-state index in [9.17, 15) is 0 Å². The zero-order valence-corrected chi connectivity index (χ0v) is 13.7. The SMILES string of the molecule is C#CC(CCCC)(CCCC)OCc1ccc(OC)cc1. The average molecular weight is 288 g/mol. The molecule has 0 aliphatic heterocycles. The van der Waals surface area contributed by atoms with Crippen LogP contribution in [-0.4, -0.2) is 12.7 Å². The molecule has 0 fully saturated rings. The molecule has 0 aromatic heterocycles. The molecule has 0 saturated heterocycles. The number of terminal acetylenes is 1. The number of rotatable bonds is 10. The maximum Gasteiger partial charge on any atom is 0.128 e. The Morgan fingerprint density at radius 3 is 2.05 bits per heavy atom. The molecule has 0 saturated carbocycles. The van der Waals surface area contributed by atoms with Crippen molar-refractivity contribution in [3.8, 4) is 18.1 Å². The lowest BCUT2D eigenvalue weighted by molar-refractivity contribution is -0.0271. The second kappa shape index (κ2) is 9.47. The third-order valence-electron chi connectivity index (χ3n) is 3.81. The first-order valence-electron chi connectivity index (χ1n) is 7.94. The van der Waals surface area contributed by atoms with Gasteiger partial charge in [0.15, 0.2) is 0 Å². The molecule has 1 aromatic carbocycles. The van der Waals surface area contributed by atoms with Crippen LogP contribution in [0.25, 0.3) is 0 Å². The second-order valence-corrected chi connectivity index (χ2v) is 5.48. The first-order chi connectivity index (χ1) is 10.2. The summed E-state index contributed by atoms with van der Waals surface area (Å²) in [6.07, 6.45) is 12.2. The quantitative estimate of drug-likeness (QED) is 0.566. The monoisotopic (exact) mass is 288 g/mol. The number of benzene rings is 1. The summed E-state index contributed by atoms with van der Waals surface area (Å²) in [6, 6.07) is 7.96. The number of methoxy groups -OCH3 is 1. The van der Waals surface area contributed by atoms with E-state index in [1.165, 1.54) is 0 Å². The van der Waals surface area contributed by atoms with Crippen molar-refractivity contribution in [2.24, 2.45) is 0 Å². The highest BCUT2D eigenvalue weighted by Crippen LogP contribution is 2.27. The number of hydrogen-bond donors (Lipinski definition) is 0. The molecule has 21 heavy (non-hydrogen) atoms. The van der Waals surface area contributed by atoms with E-state index in [-0.39, 0.29) is 0 Å². The molecule has 1 aromatic rings. The number of unbranched alkanes of at least 4 members (excludes halogenated alkanes) is 2. The summed E-state index contributed by atoms with van der Waals surface area (Å²) in [4.78, 5) is 0. The van der Waals surface area contributed by atoms with Gasteiger partial charge in [-0.15, -0.1) is 6.42 Å². The van der Waals surface area contributed by atoms with Crippen molar-refractivity contribution >= 4 is 0 Å². The maximum absolute atomic E-state index is 6.17. The lowest BCUT2D eigenvalue weighted by Crippen LogP contribution is -2.30. The molecule has 0 atom stereocenters. The fourth-order valence-corrected chi connectivity index (χ4v) is 2.32. The summed E-state index contributed by atoms with van der Waals surface area (Å²) in [5.74, 6) is 3.79. The molecule has 0 aliphatic rings. The topological polar surface area (TPSA) is 18.5 Å². The highest BCUT2D eigenvalue weighted by molar-refractivity contribution is 5.26. The molecule has 0 N–H and O–H groups in total. The van der Waals surface area contributed by atoms with Crippen molar-refractivity contribution in [2.75, 3.05) is 7.11 Å². The molecule has 0 heterocycles. The zero-order valence-electron chi connectivity index (χ0n) is 13.7. The van der Waals surface area contributed by atoms with Crippen molar-refractivity contribution < 1.29 is 9.47 Å². The first-order valence-corrected chi connectivity index (χ1v) is 7.94. The van der Waals surface area contributed by atoms with E-state index in [0.29, 0.717) is 6.61 Å². The van der Waals surface area contributed by atoms with Crippen LogP contribution in [-0.2, 0) is 11.3 Å². The minimum atomic E-state index is -0.411. The first kappa shape index (κ1) is 17.6. The Kier molecular flexibility index (Phi) is 7.93. The Morgan fingerprint density at radius 2 is 1.62 bits per heavy atom. The van der Waals surface area contributed by atoms with E-state index < -0.39 is 5.60 Å². The highest BCUT2D eigenvalue weighted by Gasteiger charge is 2.27. The van der Waals surface area contributed by atoms with Gasteiger partial charge < -0.3 is 9.47 Å². The molecule has 0 aliphatic carbocycles. The number of ether oxygens (including phenoxy) is 2. The van der Waals surface area contributed by atoms with Gasteiger partial charge in [0.25, 0.3) is 0 Å². The predicted octanol–water partition coefficient (Wildman–Crippen LogP) is 4.96. The fraction of sp³-hybridized carbons (Fsp3) is 0.579. The molecule has 116 valence electrons. The molecule has 0 radical (unpaired) electrons. The Bertz CT molecular complexity index is 420. The summed E-state index contributed by atoms with van der Waals surface area (Å²) < 4.78 is 11.3. The minimum absolute atomic E-state index is 0.411. The lowest BCUT2D eigenvalue weighted by Gasteiger charge is -2.29. The molecular weight excluding hydrogens is 260 g/mol. The van der Waals surface area contributed by atoms with Crippen molar-refractivity contribution in [2.45, 2.75) is 64.6 Å². The normalized spacial score (nSPS) is 11.1. The van der Waals surface area contributed by atoms with Gasteiger partial charge in [0.1, 0.15) is 11.4 Å². The van der Waals surface area contributed by atoms with Gasteiger partial charge in [-0.3, -0.25) is 0 Å². The maximum atomic E-state index is 6.17. The molecular formula is C19H28O2. The molecule has 0 unspecified atom stereocenters. The van der Waals surface area contributed by atoms with Gasteiger partial charge in [-0.05, 0) is 43.4 Å². The van der Waals surface area contributed by atoms with Crippen LogP contribution in [0.3, 0.4) is 0 Å². The lowest BCUT2D eigenvalue weighted by atomic mass is 9.91. The second-order valence-electron chi connectivity index (χ2n) is 5.48. The summed E-state index contributed by atoms with van der Waals surface area (Å²) >= 11 is 0. The average Bonchev–Trinajstić information content (AvgIpc) is 2.55. The van der Waals surface area contributed by atoms with Crippen LogP contribution in [0.5, 0.6) is 5.75 Å². The standard InChI is InChI=1S/C19H28O2/c1-5-8-14-19(7-3,15-9-6-2)21-16-17-10-12-18(20-4)13-11-17/h3,10-13H,5-6,8-9,14-16H2,1-2,4H3. The van der Waals surface area contributed by atoms with Crippen LogP contribution in [0, 0.1) is 12.3 Å². The minimum Gasteiger partial charge on any atom is -0.497 e. The summed E-state index contributed by atoms with van der Waals surface area (Å²) in [6.45, 7) is 4.93. The van der Waals surface area contributed by atoms with Crippen LogP contribution >= 0.6 is 0 Å². The van der Waals surface area contributed by atoms with E-state index in [2.05, 4.69) is 19.8 Å². The molecule has 0 bridgehead atoms. The third-order valence-corrected chi connectivity index (χ3v) is 3.81. The molecule has 0 spiro atoms. The van der Waals surface area contributed by atoms with Gasteiger partial charge in [0.05, 0.1) is 13.7 Å². The van der Waals surface area contributed by atoms with Crippen molar-refractivity contribution in [3.63, 3.8) is 0 Å². The fourth-order valence-electron chi connectivity index (χ4n) is 2.32. The van der Waals surface area contributed by atoms with E-state index in [0.717, 1.165) is 49.8 Å². The molecule has 0 amide bonds.